The van der Waals surface area contributed by atoms with Crippen LogP contribution >= 0.6 is 0 Å². The predicted molar refractivity (Wildman–Crippen MR) is 93.1 cm³/mol. The van der Waals surface area contributed by atoms with Crippen LogP contribution in [0.4, 0.5) is 0 Å². The van der Waals surface area contributed by atoms with Gasteiger partial charge in [-0.05, 0) is 36.8 Å². The maximum absolute atomic E-state index is 11.8. The summed E-state index contributed by atoms with van der Waals surface area (Å²) in [6.45, 7) is 2.23. The lowest BCUT2D eigenvalue weighted by molar-refractivity contribution is -0.130. The highest BCUT2D eigenvalue weighted by Crippen LogP contribution is 2.31. The van der Waals surface area contributed by atoms with Crippen LogP contribution in [0.3, 0.4) is 0 Å². The summed E-state index contributed by atoms with van der Waals surface area (Å²) in [5, 5.41) is 20.2. The summed E-state index contributed by atoms with van der Waals surface area (Å²) in [6, 6.07) is 12.3. The van der Waals surface area contributed by atoms with Crippen LogP contribution in [0.2, 0.25) is 0 Å². The van der Waals surface area contributed by atoms with Crippen LogP contribution in [0.25, 0.3) is 22.6 Å². The number of phenolic OH excluding ortho intramolecular Hbond substituents is 1. The van der Waals surface area contributed by atoms with Crippen LogP contribution in [0.1, 0.15) is 18.1 Å². The van der Waals surface area contributed by atoms with Gasteiger partial charge in [-0.15, -0.1) is 0 Å². The number of nitrogens with one attached hydrogen (secondary N) is 1. The number of rotatable bonds is 5. The van der Waals surface area contributed by atoms with Gasteiger partial charge in [0.25, 0.3) is 0 Å². The topological polar surface area (TPSA) is 82.5 Å². The molecule has 0 aliphatic rings. The summed E-state index contributed by atoms with van der Waals surface area (Å²) in [5.74, 6) is -0.668. The van der Waals surface area contributed by atoms with E-state index in [1.165, 1.54) is 6.07 Å². The number of carboxylic acids is 1. The smallest absolute Gasteiger partial charge is 0.336 e. The molecule has 0 atom stereocenters. The molecular weight excluding hydrogens is 306 g/mol. The summed E-state index contributed by atoms with van der Waals surface area (Å²) < 4.78 is 5.35. The van der Waals surface area contributed by atoms with Crippen molar-refractivity contribution >= 4 is 28.5 Å². The second-order valence-electron chi connectivity index (χ2n) is 5.27. The minimum atomic E-state index is -1.02. The molecule has 0 fully saturated rings. The minimum absolute atomic E-state index is 0.0259. The Labute approximate surface area is 138 Å². The second-order valence-corrected chi connectivity index (χ2v) is 5.27. The number of carboxylic acid groups (broad SMARTS) is 1. The van der Waals surface area contributed by atoms with Crippen molar-refractivity contribution in [2.45, 2.75) is 6.92 Å². The molecule has 0 saturated carbocycles. The third-order valence-electron chi connectivity index (χ3n) is 3.70. The van der Waals surface area contributed by atoms with E-state index >= 15 is 0 Å². The van der Waals surface area contributed by atoms with E-state index in [1.807, 2.05) is 31.2 Å². The minimum Gasteiger partial charge on any atom is -0.504 e. The third-order valence-corrected chi connectivity index (χ3v) is 3.70. The highest BCUT2D eigenvalue weighted by atomic mass is 16.5. The van der Waals surface area contributed by atoms with Gasteiger partial charge in [0.15, 0.2) is 11.5 Å². The Morgan fingerprint density at radius 3 is 2.79 bits per heavy atom. The number of para-hydroxylation sites is 1. The summed E-state index contributed by atoms with van der Waals surface area (Å²) in [5.41, 5.74) is 2.30. The molecule has 0 aliphatic heterocycles. The molecule has 0 spiro atoms. The van der Waals surface area contributed by atoms with Crippen molar-refractivity contribution in [3.05, 3.63) is 59.8 Å². The lowest BCUT2D eigenvalue weighted by Gasteiger charge is -2.07. The fraction of sp³-hybridized carbons (Fsp3) is 0.105. The van der Waals surface area contributed by atoms with E-state index in [9.17, 15) is 15.0 Å². The summed E-state index contributed by atoms with van der Waals surface area (Å²) in [4.78, 5) is 14.8. The maximum Gasteiger partial charge on any atom is 0.336 e. The molecule has 3 rings (SSSR count). The average molecular weight is 323 g/mol. The van der Waals surface area contributed by atoms with E-state index in [1.54, 1.807) is 24.4 Å². The molecule has 1 aromatic heterocycles. The van der Waals surface area contributed by atoms with E-state index < -0.39 is 5.97 Å². The van der Waals surface area contributed by atoms with Gasteiger partial charge in [-0.25, -0.2) is 4.79 Å². The Hall–Kier alpha value is -3.21. The van der Waals surface area contributed by atoms with Crippen molar-refractivity contribution in [2.24, 2.45) is 0 Å². The number of benzene rings is 2. The number of aromatic amines is 1. The molecule has 24 heavy (non-hydrogen) atoms. The average Bonchev–Trinajstić information content (AvgIpc) is 2.99. The fourth-order valence-corrected chi connectivity index (χ4v) is 2.61. The Morgan fingerprint density at radius 1 is 1.25 bits per heavy atom. The quantitative estimate of drug-likeness (QED) is 0.622. The molecule has 0 amide bonds. The molecule has 3 aromatic rings. The Balaban J connectivity index is 2.10. The molecule has 1 heterocycles. The number of H-pyrrole nitrogens is 1. The molecule has 0 unspecified atom stereocenters. The van der Waals surface area contributed by atoms with Crippen LogP contribution in [0, 0.1) is 0 Å². The van der Waals surface area contributed by atoms with E-state index in [-0.39, 0.29) is 11.3 Å². The van der Waals surface area contributed by atoms with E-state index in [0.717, 1.165) is 10.9 Å². The monoisotopic (exact) mass is 323 g/mol. The number of ether oxygens (including phenoxy) is 1. The Bertz CT molecular complexity index is 924. The lowest BCUT2D eigenvalue weighted by atomic mass is 10.0. The highest BCUT2D eigenvalue weighted by molar-refractivity contribution is 6.23. The molecule has 0 aliphatic carbocycles. The Kier molecular flexibility index (Phi) is 4.24. The standard InChI is InChI=1S/C19H17NO4/c1-2-24-18-10-12(7-8-17(18)21)9-14(19(22)23)15-11-20-16-6-4-3-5-13(15)16/h3-11,20-21H,2H2,1H3,(H,22,23)/b14-9-. The predicted octanol–water partition coefficient (Wildman–Crippen LogP) is 3.90. The van der Waals surface area contributed by atoms with Crippen molar-refractivity contribution in [3.63, 3.8) is 0 Å². The SMILES string of the molecule is CCOc1cc(/C=C(\C(=O)O)c2c[nH]c3ccccc23)ccc1O. The largest absolute Gasteiger partial charge is 0.504 e. The van der Waals surface area contributed by atoms with Crippen LogP contribution in [-0.2, 0) is 4.79 Å². The van der Waals surface area contributed by atoms with E-state index in [0.29, 0.717) is 23.5 Å². The van der Waals surface area contributed by atoms with Gasteiger partial charge in [0.1, 0.15) is 0 Å². The molecular formula is C19H17NO4. The molecule has 5 nitrogen and oxygen atoms in total. The van der Waals surface area contributed by atoms with Crippen molar-refractivity contribution in [1.29, 1.82) is 0 Å². The zero-order chi connectivity index (χ0) is 17.1. The van der Waals surface area contributed by atoms with Crippen LogP contribution in [-0.4, -0.2) is 27.8 Å². The highest BCUT2D eigenvalue weighted by Gasteiger charge is 2.15. The number of carbonyl (C=O) groups is 1. The first-order valence-corrected chi connectivity index (χ1v) is 7.57. The number of aromatic hydroxyl groups is 1. The van der Waals surface area contributed by atoms with Gasteiger partial charge in [-0.1, -0.05) is 24.3 Å². The molecule has 0 radical (unpaired) electrons. The number of fused-ring (bicyclic) bond motifs is 1. The maximum atomic E-state index is 11.8. The number of aliphatic carboxylic acids is 1. The van der Waals surface area contributed by atoms with Gasteiger partial charge >= 0.3 is 5.97 Å². The van der Waals surface area contributed by atoms with Crippen LogP contribution in [0.15, 0.2) is 48.7 Å². The molecule has 0 bridgehead atoms. The first kappa shape index (κ1) is 15.7. The number of hydrogen-bond acceptors (Lipinski definition) is 3. The summed E-state index contributed by atoms with van der Waals surface area (Å²) >= 11 is 0. The third kappa shape index (κ3) is 2.96. The summed E-state index contributed by atoms with van der Waals surface area (Å²) in [7, 11) is 0. The second kappa shape index (κ2) is 6.50. The van der Waals surface area contributed by atoms with E-state index in [4.69, 9.17) is 4.74 Å². The fourth-order valence-electron chi connectivity index (χ4n) is 2.61. The van der Waals surface area contributed by atoms with Crippen molar-refractivity contribution in [3.8, 4) is 11.5 Å². The Morgan fingerprint density at radius 2 is 2.04 bits per heavy atom. The van der Waals surface area contributed by atoms with Crippen LogP contribution in [0.5, 0.6) is 11.5 Å². The number of phenols is 1. The molecule has 122 valence electrons. The normalized spacial score (nSPS) is 11.6. The molecule has 3 N–H and O–H groups in total. The number of hydrogen-bond donors (Lipinski definition) is 3. The van der Waals surface area contributed by atoms with Crippen molar-refractivity contribution < 1.29 is 19.7 Å². The lowest BCUT2D eigenvalue weighted by Crippen LogP contribution is -1.99. The van der Waals surface area contributed by atoms with Crippen molar-refractivity contribution in [2.75, 3.05) is 6.61 Å². The van der Waals surface area contributed by atoms with Gasteiger partial charge in [-0.2, -0.15) is 0 Å². The number of aromatic nitrogens is 1. The molecule has 0 saturated heterocycles. The molecule has 2 aromatic carbocycles. The first-order chi connectivity index (χ1) is 11.6. The van der Waals surface area contributed by atoms with Gasteiger partial charge in [0.05, 0.1) is 12.2 Å². The van der Waals surface area contributed by atoms with Gasteiger partial charge in [0.2, 0.25) is 0 Å². The zero-order valence-corrected chi connectivity index (χ0v) is 13.1. The van der Waals surface area contributed by atoms with Gasteiger partial charge < -0.3 is 19.9 Å². The van der Waals surface area contributed by atoms with Gasteiger partial charge in [-0.3, -0.25) is 0 Å². The van der Waals surface area contributed by atoms with Crippen molar-refractivity contribution in [1.82, 2.24) is 4.98 Å². The summed E-state index contributed by atoms with van der Waals surface area (Å²) in [6.07, 6.45) is 3.26. The molecule has 5 heteroatoms. The zero-order valence-electron chi connectivity index (χ0n) is 13.1. The van der Waals surface area contributed by atoms with E-state index in [2.05, 4.69) is 4.98 Å². The first-order valence-electron chi connectivity index (χ1n) is 7.57. The van der Waals surface area contributed by atoms with Crippen LogP contribution < -0.4 is 4.74 Å². The van der Waals surface area contributed by atoms with Gasteiger partial charge in [0, 0.05) is 22.7 Å².